The van der Waals surface area contributed by atoms with Crippen molar-refractivity contribution in [3.05, 3.63) is 30.7 Å². The lowest BCUT2D eigenvalue weighted by Crippen LogP contribution is -2.49. The SMILES string of the molecule is C[Si]1(C)c2cccnc2-c2c([O][AlH])cncc21. The third-order valence-electron chi connectivity index (χ3n) is 3.46. The van der Waals surface area contributed by atoms with Crippen LogP contribution in [0.1, 0.15) is 0 Å². The summed E-state index contributed by atoms with van der Waals surface area (Å²) < 4.78 is 5.45. The standard InChI is InChI=1S/C12H12N2OSi.Al.H/c1-16(2)9-4-3-5-14-12(9)11-8(15)6-13-7-10(11)16;;/h3-7,15H,1-2H3;;/q;+1;/p-1. The summed E-state index contributed by atoms with van der Waals surface area (Å²) in [6.45, 7) is 4.67. The van der Waals surface area contributed by atoms with Gasteiger partial charge in [-0.1, -0.05) is 19.2 Å². The quantitative estimate of drug-likeness (QED) is 0.695. The van der Waals surface area contributed by atoms with Gasteiger partial charge in [0.25, 0.3) is 0 Å². The molecule has 0 saturated heterocycles. The van der Waals surface area contributed by atoms with Gasteiger partial charge in [-0.3, -0.25) is 9.97 Å². The second kappa shape index (κ2) is 3.67. The lowest BCUT2D eigenvalue weighted by atomic mass is 10.1. The molecule has 0 saturated carbocycles. The van der Waals surface area contributed by atoms with Crippen LogP contribution in [0.3, 0.4) is 0 Å². The van der Waals surface area contributed by atoms with Gasteiger partial charge >= 0.3 is 16.6 Å². The van der Waals surface area contributed by atoms with Crippen molar-refractivity contribution in [1.82, 2.24) is 9.97 Å². The normalized spacial score (nSPS) is 15.2. The molecule has 17 heavy (non-hydrogen) atoms. The van der Waals surface area contributed by atoms with Gasteiger partial charge in [-0.05, 0) is 16.4 Å². The number of fused-ring (bicyclic) bond motifs is 3. The summed E-state index contributed by atoms with van der Waals surface area (Å²) in [5.41, 5.74) is 2.24. The van der Waals surface area contributed by atoms with Crippen molar-refractivity contribution in [2.24, 2.45) is 0 Å². The van der Waals surface area contributed by atoms with Gasteiger partial charge in [0, 0.05) is 18.0 Å². The van der Waals surface area contributed by atoms with Crippen LogP contribution in [0.4, 0.5) is 0 Å². The number of rotatable bonds is 1. The smallest absolute Gasteiger partial charge is 0.494 e. The Morgan fingerprint density at radius 3 is 2.82 bits per heavy atom. The molecule has 3 nitrogen and oxygen atoms in total. The molecule has 1 aliphatic heterocycles. The summed E-state index contributed by atoms with van der Waals surface area (Å²) in [7, 11) is -1.63. The summed E-state index contributed by atoms with van der Waals surface area (Å²) in [6.07, 6.45) is 5.61. The first-order chi connectivity index (χ1) is 8.16. The average Bonchev–Trinajstić information content (AvgIpc) is 2.60. The lowest BCUT2D eigenvalue weighted by molar-refractivity contribution is 0.615. The number of hydrogen-bond donors (Lipinski definition) is 0. The third kappa shape index (κ3) is 1.40. The fourth-order valence-corrected chi connectivity index (χ4v) is 5.59. The van der Waals surface area contributed by atoms with Crippen LogP contribution in [0, 0.1) is 0 Å². The molecule has 0 unspecified atom stereocenters. The van der Waals surface area contributed by atoms with Gasteiger partial charge < -0.3 is 3.79 Å². The summed E-state index contributed by atoms with van der Waals surface area (Å²) in [6, 6.07) is 4.21. The minimum Gasteiger partial charge on any atom is -0.649 e. The van der Waals surface area contributed by atoms with E-state index in [2.05, 4.69) is 29.1 Å². The van der Waals surface area contributed by atoms with Crippen LogP contribution in [-0.4, -0.2) is 34.7 Å². The second-order valence-electron chi connectivity index (χ2n) is 4.73. The van der Waals surface area contributed by atoms with Crippen molar-refractivity contribution in [3.63, 3.8) is 0 Å². The van der Waals surface area contributed by atoms with Crippen LogP contribution < -0.4 is 14.2 Å². The van der Waals surface area contributed by atoms with E-state index in [0.29, 0.717) is 0 Å². The summed E-state index contributed by atoms with van der Waals surface area (Å²) >= 11 is 1.49. The summed E-state index contributed by atoms with van der Waals surface area (Å²) in [5, 5.41) is 2.71. The molecule has 5 heteroatoms. The third-order valence-corrected chi connectivity index (χ3v) is 7.24. The van der Waals surface area contributed by atoms with Gasteiger partial charge in [0.05, 0.1) is 11.9 Å². The van der Waals surface area contributed by atoms with Crippen molar-refractivity contribution in [3.8, 4) is 17.0 Å². The van der Waals surface area contributed by atoms with Crippen molar-refractivity contribution in [2.45, 2.75) is 13.1 Å². The highest BCUT2D eigenvalue weighted by molar-refractivity contribution is 7.03. The topological polar surface area (TPSA) is 35.0 Å². The minimum absolute atomic E-state index is 0.846. The number of hydrogen-bond acceptors (Lipinski definition) is 3. The van der Waals surface area contributed by atoms with E-state index in [9.17, 15) is 0 Å². The molecule has 1 aliphatic rings. The molecule has 0 atom stereocenters. The Morgan fingerprint density at radius 1 is 1.24 bits per heavy atom. The maximum atomic E-state index is 5.45. The van der Waals surface area contributed by atoms with Crippen LogP contribution in [-0.2, 0) is 0 Å². The van der Waals surface area contributed by atoms with Crippen LogP contribution in [0.5, 0.6) is 5.75 Å². The highest BCUT2D eigenvalue weighted by Crippen LogP contribution is 2.32. The Morgan fingerprint density at radius 2 is 2.06 bits per heavy atom. The van der Waals surface area contributed by atoms with Crippen molar-refractivity contribution >= 4 is 35.1 Å². The van der Waals surface area contributed by atoms with E-state index in [1.807, 2.05) is 18.5 Å². The minimum atomic E-state index is -1.63. The Balaban J connectivity index is 2.41. The van der Waals surface area contributed by atoms with E-state index in [4.69, 9.17) is 3.79 Å². The number of aromatic nitrogens is 2. The van der Waals surface area contributed by atoms with Crippen LogP contribution in [0.2, 0.25) is 13.1 Å². The largest absolute Gasteiger partial charge is 0.649 e. The zero-order chi connectivity index (χ0) is 12.0. The molecule has 0 N–H and O–H groups in total. The van der Waals surface area contributed by atoms with Gasteiger partial charge in [0.2, 0.25) is 0 Å². The Labute approximate surface area is 110 Å². The Kier molecular flexibility index (Phi) is 2.37. The highest BCUT2D eigenvalue weighted by atomic mass is 28.3. The Bertz CT molecular complexity index is 601. The predicted octanol–water partition coefficient (Wildman–Crippen LogP) is 0.474. The molecule has 0 bridgehead atoms. The van der Waals surface area contributed by atoms with Gasteiger partial charge in [-0.2, -0.15) is 0 Å². The predicted molar refractivity (Wildman–Crippen MR) is 72.0 cm³/mol. The fraction of sp³-hybridized carbons (Fsp3) is 0.167. The van der Waals surface area contributed by atoms with Crippen molar-refractivity contribution < 1.29 is 3.79 Å². The maximum Gasteiger partial charge on any atom is 0.494 e. The first-order valence-electron chi connectivity index (χ1n) is 5.52. The van der Waals surface area contributed by atoms with E-state index in [1.54, 1.807) is 6.20 Å². The second-order valence-corrected chi connectivity index (χ2v) is 9.35. The molecular weight excluding hydrogens is 243 g/mol. The van der Waals surface area contributed by atoms with Crippen LogP contribution in [0.15, 0.2) is 30.7 Å². The molecule has 0 amide bonds. The first kappa shape index (κ1) is 11.0. The van der Waals surface area contributed by atoms with E-state index >= 15 is 0 Å². The average molecular weight is 255 g/mol. The first-order valence-corrected chi connectivity index (χ1v) is 9.10. The van der Waals surface area contributed by atoms with Gasteiger partial charge in [-0.25, -0.2) is 0 Å². The molecular formula is C12H12AlN2OSi. The summed E-state index contributed by atoms with van der Waals surface area (Å²) in [4.78, 5) is 8.83. The van der Waals surface area contributed by atoms with Crippen LogP contribution in [0.25, 0.3) is 11.3 Å². The van der Waals surface area contributed by atoms with E-state index in [1.165, 1.54) is 27.0 Å². The highest BCUT2D eigenvalue weighted by Gasteiger charge is 2.39. The molecule has 0 fully saturated rings. The molecule has 0 spiro atoms. The molecule has 0 aliphatic carbocycles. The number of pyridine rings is 2. The van der Waals surface area contributed by atoms with E-state index < -0.39 is 8.07 Å². The van der Waals surface area contributed by atoms with Gasteiger partial charge in [-0.15, -0.1) is 0 Å². The van der Waals surface area contributed by atoms with Gasteiger partial charge in [0.1, 0.15) is 13.8 Å². The fourth-order valence-electron chi connectivity index (χ4n) is 2.52. The summed E-state index contributed by atoms with van der Waals surface area (Å²) in [5.74, 6) is 0.846. The maximum absolute atomic E-state index is 5.45. The molecule has 0 aromatic carbocycles. The Hall–Kier alpha value is -1.15. The molecule has 83 valence electrons. The van der Waals surface area contributed by atoms with Crippen molar-refractivity contribution in [2.75, 3.05) is 0 Å². The molecule has 1 radical (unpaired) electrons. The molecule has 2 aromatic rings. The molecule has 2 aromatic heterocycles. The van der Waals surface area contributed by atoms with E-state index in [-0.39, 0.29) is 0 Å². The van der Waals surface area contributed by atoms with E-state index in [0.717, 1.165) is 17.0 Å². The number of nitrogens with zero attached hydrogens (tertiary/aromatic N) is 2. The zero-order valence-corrected chi connectivity index (χ0v) is 12.3. The van der Waals surface area contributed by atoms with Crippen LogP contribution >= 0.6 is 0 Å². The van der Waals surface area contributed by atoms with Crippen molar-refractivity contribution in [1.29, 1.82) is 0 Å². The molecule has 3 heterocycles. The van der Waals surface area contributed by atoms with Gasteiger partial charge in [0.15, 0.2) is 0 Å². The zero-order valence-electron chi connectivity index (χ0n) is 9.90. The molecule has 3 rings (SSSR count). The lowest BCUT2D eigenvalue weighted by Gasteiger charge is -2.17. The monoisotopic (exact) mass is 255 g/mol.